The van der Waals surface area contributed by atoms with Crippen LogP contribution in [0.3, 0.4) is 0 Å². The Morgan fingerprint density at radius 1 is 0.432 bits per heavy atom. The van der Waals surface area contributed by atoms with Crippen molar-refractivity contribution in [2.45, 2.75) is 196 Å². The molecule has 0 spiro atoms. The van der Waals surface area contributed by atoms with E-state index >= 15 is 0 Å². The van der Waals surface area contributed by atoms with Crippen molar-refractivity contribution in [1.29, 1.82) is 0 Å². The molecule has 0 bridgehead atoms. The zero-order chi connectivity index (χ0) is 33.1. The van der Waals surface area contributed by atoms with Gasteiger partial charge in [0.15, 0.2) is 0 Å². The van der Waals surface area contributed by atoms with E-state index in [0.29, 0.717) is 19.3 Å². The second kappa shape index (κ2) is 29.4. The van der Waals surface area contributed by atoms with Gasteiger partial charge < -0.3 is 0 Å². The first kappa shape index (κ1) is 44.3. The van der Waals surface area contributed by atoms with Crippen molar-refractivity contribution in [3.05, 3.63) is 0 Å². The minimum absolute atomic E-state index is 0.556. The molecule has 3 unspecified atom stereocenters. The van der Waals surface area contributed by atoms with Crippen molar-refractivity contribution in [1.82, 2.24) is 0 Å². The quantitative estimate of drug-likeness (QED) is 0.0382. The molecule has 0 aromatic carbocycles. The van der Waals surface area contributed by atoms with E-state index in [1.54, 1.807) is 0 Å². The van der Waals surface area contributed by atoms with Crippen molar-refractivity contribution < 1.29 is 23.6 Å². The van der Waals surface area contributed by atoms with Crippen molar-refractivity contribution in [3.8, 4) is 0 Å². The zero-order valence-corrected chi connectivity index (χ0v) is 34.0. The molecule has 0 radical (unpaired) electrons. The van der Waals surface area contributed by atoms with Crippen LogP contribution in [-0.4, -0.2) is 53.3 Å². The molecule has 0 aliphatic heterocycles. The fraction of sp³-hybridized carbons (Fsp3) is 0.912. The van der Waals surface area contributed by atoms with Gasteiger partial charge in [-0.1, -0.05) is 0 Å². The van der Waals surface area contributed by atoms with Gasteiger partial charge in [0, 0.05) is 0 Å². The van der Waals surface area contributed by atoms with Gasteiger partial charge in [-0.25, -0.2) is 0 Å². The van der Waals surface area contributed by atoms with Gasteiger partial charge in [-0.15, -0.1) is 0 Å². The predicted octanol–water partition coefficient (Wildman–Crippen LogP) is 10.5. The Labute approximate surface area is 292 Å². The second-order valence-electron chi connectivity index (χ2n) is 12.4. The molecule has 0 heterocycles. The van der Waals surface area contributed by atoms with Crippen LogP contribution in [0.2, 0.25) is 4.94 Å². The van der Waals surface area contributed by atoms with Gasteiger partial charge in [0.25, 0.3) is 0 Å². The van der Waals surface area contributed by atoms with E-state index in [0.717, 1.165) is 57.8 Å². The van der Waals surface area contributed by atoms with Crippen LogP contribution in [-0.2, 0) is 23.6 Å². The standard InChI is InChI=1S/3C11H22O2S.CH3.Sn/c3*1-2-3-4-5-6-7-8-9-10(14)11(12)13;;/h3*10,14H,2-9H2,1H3,(H,12,13);1H3;/q;;;;+3/p-3. The Morgan fingerprint density at radius 2 is 0.636 bits per heavy atom. The summed E-state index contributed by atoms with van der Waals surface area (Å²) in [5, 5.41) is -2.01. The van der Waals surface area contributed by atoms with Crippen molar-refractivity contribution in [3.63, 3.8) is 0 Å². The van der Waals surface area contributed by atoms with Crippen molar-refractivity contribution >= 4 is 75.4 Å². The first-order chi connectivity index (χ1) is 21.1. The Hall–Kier alpha value is 0.259. The number of rotatable bonds is 30. The molecule has 3 atom stereocenters. The summed E-state index contributed by atoms with van der Waals surface area (Å²) >= 11 is 8.48. The summed E-state index contributed by atoms with van der Waals surface area (Å²) in [7, 11) is 0. The van der Waals surface area contributed by atoms with E-state index in [2.05, 4.69) is 58.7 Å². The number of thiol groups is 3. The number of unbranched alkanes of at least 4 members (excludes halogenated alkanes) is 18. The van der Waals surface area contributed by atoms with E-state index in [-0.39, 0.29) is 0 Å². The second-order valence-corrected chi connectivity index (χ2v) is 20.9. The van der Waals surface area contributed by atoms with Crippen LogP contribution >= 0.6 is 37.9 Å². The molecule has 260 valence electrons. The third-order valence-corrected chi connectivity index (χ3v) is 14.2. The van der Waals surface area contributed by atoms with Gasteiger partial charge in [-0.2, -0.15) is 0 Å². The van der Waals surface area contributed by atoms with Gasteiger partial charge in [-0.3, -0.25) is 0 Å². The summed E-state index contributed by atoms with van der Waals surface area (Å²) in [4.78, 5) is 40.6. The van der Waals surface area contributed by atoms with E-state index in [1.807, 2.05) is 0 Å². The van der Waals surface area contributed by atoms with Crippen LogP contribution in [0.15, 0.2) is 0 Å². The SMILES string of the molecule is CCCCCCCCCC(S)C(=O)[O][Sn]([CH3])([O]C(=O)C(S)CCCCCCCCC)[O]C(=O)C(S)CCCCCCCCC. The third kappa shape index (κ3) is 24.4. The average Bonchev–Trinajstić information content (AvgIpc) is 2.98. The number of carbonyl (C=O) groups is 3. The summed E-state index contributed by atoms with van der Waals surface area (Å²) < 4.78 is 17.3. The van der Waals surface area contributed by atoms with E-state index in [4.69, 9.17) is 9.22 Å². The average molecular weight is 786 g/mol. The normalized spacial score (nSPS) is 14.8. The zero-order valence-electron chi connectivity index (χ0n) is 28.5. The first-order valence-electron chi connectivity index (χ1n) is 17.8. The van der Waals surface area contributed by atoms with Crippen LogP contribution < -0.4 is 0 Å². The molecule has 0 N–H and O–H groups in total. The molecule has 44 heavy (non-hydrogen) atoms. The molecule has 0 aromatic rings. The van der Waals surface area contributed by atoms with Gasteiger partial charge in [0.05, 0.1) is 0 Å². The Bertz CT molecular complexity index is 649. The maximum absolute atomic E-state index is 13.0. The summed E-state index contributed by atoms with van der Waals surface area (Å²) in [6, 6.07) is 0. The Balaban J connectivity index is 5.05. The van der Waals surface area contributed by atoms with Crippen LogP contribution in [0, 0.1) is 0 Å². The molecule has 0 aliphatic rings. The van der Waals surface area contributed by atoms with E-state index < -0.39 is 53.3 Å². The van der Waals surface area contributed by atoms with Crippen LogP contribution in [0.25, 0.3) is 0 Å². The van der Waals surface area contributed by atoms with Crippen LogP contribution in [0.4, 0.5) is 0 Å². The molecule has 0 aromatic heterocycles. The maximum atomic E-state index is 13.0. The molecule has 10 heteroatoms. The Kier molecular flexibility index (Phi) is 29.6. The van der Waals surface area contributed by atoms with E-state index in [9.17, 15) is 14.4 Å². The molecular formula is C34H66O6S3Sn. The molecular weight excluding hydrogens is 719 g/mol. The van der Waals surface area contributed by atoms with Crippen LogP contribution in [0.1, 0.15) is 175 Å². The summed E-state index contributed by atoms with van der Waals surface area (Å²) in [6.45, 7) is 6.60. The van der Waals surface area contributed by atoms with Crippen molar-refractivity contribution in [2.24, 2.45) is 0 Å². The molecule has 0 fully saturated rings. The molecule has 0 rings (SSSR count). The monoisotopic (exact) mass is 786 g/mol. The van der Waals surface area contributed by atoms with Gasteiger partial charge in [0.2, 0.25) is 0 Å². The molecule has 0 saturated heterocycles. The fourth-order valence-corrected chi connectivity index (χ4v) is 11.3. The molecule has 6 nitrogen and oxygen atoms in total. The van der Waals surface area contributed by atoms with E-state index in [1.165, 1.54) is 82.0 Å². The third-order valence-electron chi connectivity index (χ3n) is 7.92. The predicted molar refractivity (Wildman–Crippen MR) is 196 cm³/mol. The molecule has 0 amide bonds. The topological polar surface area (TPSA) is 78.9 Å². The Morgan fingerprint density at radius 3 is 0.864 bits per heavy atom. The molecule has 0 saturated carbocycles. The summed E-state index contributed by atoms with van der Waals surface area (Å²) in [5.41, 5.74) is 0. The summed E-state index contributed by atoms with van der Waals surface area (Å²) in [5.74, 6) is -1.78. The summed E-state index contributed by atoms with van der Waals surface area (Å²) in [6.07, 6.45) is 25.4. The van der Waals surface area contributed by atoms with Crippen molar-refractivity contribution in [2.75, 3.05) is 0 Å². The number of hydrogen-bond acceptors (Lipinski definition) is 9. The minimum atomic E-state index is -4.96. The molecule has 0 aliphatic carbocycles. The van der Waals surface area contributed by atoms with Crippen LogP contribution in [0.5, 0.6) is 0 Å². The van der Waals surface area contributed by atoms with Gasteiger partial charge in [0.1, 0.15) is 0 Å². The van der Waals surface area contributed by atoms with Gasteiger partial charge in [-0.05, 0) is 0 Å². The fourth-order valence-electron chi connectivity index (χ4n) is 5.05. The number of hydrogen-bond donors (Lipinski definition) is 3. The first-order valence-corrected chi connectivity index (χ1v) is 25.7. The van der Waals surface area contributed by atoms with Gasteiger partial charge >= 0.3 is 295 Å². The number of carbonyl (C=O) groups excluding carboxylic acids is 3.